The number of carboxylic acids is 1. The summed E-state index contributed by atoms with van der Waals surface area (Å²) in [5.74, 6) is -0.939. The number of urea groups is 1. The van der Waals surface area contributed by atoms with Crippen molar-refractivity contribution in [1.29, 1.82) is 0 Å². The topological polar surface area (TPSA) is 99.2 Å². The molecule has 2 N–H and O–H groups in total. The van der Waals surface area contributed by atoms with E-state index in [1.165, 1.54) is 9.80 Å². The Morgan fingerprint density at radius 2 is 2.08 bits per heavy atom. The lowest BCUT2D eigenvalue weighted by Crippen LogP contribution is -2.47. The summed E-state index contributed by atoms with van der Waals surface area (Å²) in [5.41, 5.74) is -0.348. The number of benzene rings is 1. The first-order chi connectivity index (χ1) is 11.8. The maximum atomic E-state index is 12.5. The van der Waals surface area contributed by atoms with E-state index in [2.05, 4.69) is 5.32 Å². The number of aliphatic carboxylic acids is 1. The van der Waals surface area contributed by atoms with Gasteiger partial charge in [-0.15, -0.1) is 0 Å². The van der Waals surface area contributed by atoms with Gasteiger partial charge < -0.3 is 25.0 Å². The highest BCUT2D eigenvalue weighted by Crippen LogP contribution is 2.49. The zero-order chi connectivity index (χ0) is 18.2. The van der Waals surface area contributed by atoms with Gasteiger partial charge in [-0.25, -0.2) is 4.79 Å². The number of nitrogens with zero attached hydrogens (tertiary/aromatic N) is 2. The third-order valence-corrected chi connectivity index (χ3v) is 4.90. The molecular weight excluding hydrogens is 326 g/mol. The number of hydrogen-bond donors (Lipinski definition) is 2. The van der Waals surface area contributed by atoms with Crippen molar-refractivity contribution >= 4 is 17.9 Å². The Kier molecular flexibility index (Phi) is 4.28. The minimum atomic E-state index is -1.16. The quantitative estimate of drug-likeness (QED) is 0.822. The van der Waals surface area contributed by atoms with Gasteiger partial charge in [0.25, 0.3) is 0 Å². The van der Waals surface area contributed by atoms with E-state index in [9.17, 15) is 19.5 Å². The fourth-order valence-corrected chi connectivity index (χ4v) is 3.45. The van der Waals surface area contributed by atoms with Crippen molar-refractivity contribution in [3.8, 4) is 5.75 Å². The molecule has 0 saturated carbocycles. The molecule has 2 heterocycles. The van der Waals surface area contributed by atoms with Gasteiger partial charge in [0.05, 0.1) is 6.54 Å². The van der Waals surface area contributed by atoms with Crippen molar-refractivity contribution in [3.05, 3.63) is 29.8 Å². The van der Waals surface area contributed by atoms with Gasteiger partial charge >= 0.3 is 12.0 Å². The van der Waals surface area contributed by atoms with Gasteiger partial charge in [0.2, 0.25) is 5.91 Å². The SMILES string of the molecule is CN(C)C(=O)NCC(=O)N1C[C@@H]2c3ccccc3OC[C@]2(C(=O)O)C1. The summed E-state index contributed by atoms with van der Waals surface area (Å²) in [4.78, 5) is 38.9. The van der Waals surface area contributed by atoms with E-state index >= 15 is 0 Å². The molecule has 1 aromatic carbocycles. The Morgan fingerprint density at radius 1 is 1.36 bits per heavy atom. The predicted octanol–water partition coefficient (Wildman–Crippen LogP) is 0.347. The maximum absolute atomic E-state index is 12.5. The van der Waals surface area contributed by atoms with E-state index in [4.69, 9.17) is 4.74 Å². The van der Waals surface area contributed by atoms with E-state index in [1.54, 1.807) is 14.1 Å². The highest BCUT2D eigenvalue weighted by Gasteiger charge is 2.57. The molecule has 2 aliphatic heterocycles. The molecule has 0 spiro atoms. The smallest absolute Gasteiger partial charge is 0.317 e. The molecule has 2 atom stereocenters. The van der Waals surface area contributed by atoms with Gasteiger partial charge in [-0.05, 0) is 6.07 Å². The van der Waals surface area contributed by atoms with E-state index in [0.717, 1.165) is 5.56 Å². The third kappa shape index (κ3) is 2.88. The number of hydrogen-bond acceptors (Lipinski definition) is 4. The van der Waals surface area contributed by atoms with Crippen LogP contribution in [-0.4, -0.2) is 73.2 Å². The Hall–Kier alpha value is -2.77. The molecule has 8 nitrogen and oxygen atoms in total. The van der Waals surface area contributed by atoms with Crippen molar-refractivity contribution in [3.63, 3.8) is 0 Å². The van der Waals surface area contributed by atoms with Crippen molar-refractivity contribution < 1.29 is 24.2 Å². The number of amides is 3. The van der Waals surface area contributed by atoms with Gasteiger partial charge in [0.15, 0.2) is 0 Å². The first kappa shape index (κ1) is 17.1. The Morgan fingerprint density at radius 3 is 2.76 bits per heavy atom. The molecule has 134 valence electrons. The monoisotopic (exact) mass is 347 g/mol. The van der Waals surface area contributed by atoms with Crippen molar-refractivity contribution in [2.45, 2.75) is 5.92 Å². The number of ether oxygens (including phenoxy) is 1. The van der Waals surface area contributed by atoms with Crippen LogP contribution in [0.5, 0.6) is 5.75 Å². The summed E-state index contributed by atoms with van der Waals surface area (Å²) in [6, 6.07) is 6.96. The lowest BCUT2D eigenvalue weighted by atomic mass is 9.73. The molecule has 8 heteroatoms. The summed E-state index contributed by atoms with van der Waals surface area (Å²) >= 11 is 0. The third-order valence-electron chi connectivity index (χ3n) is 4.90. The Balaban J connectivity index is 1.80. The summed E-state index contributed by atoms with van der Waals surface area (Å²) in [6.07, 6.45) is 0. The molecule has 3 amide bonds. The minimum Gasteiger partial charge on any atom is -0.492 e. The molecule has 3 rings (SSSR count). The van der Waals surface area contributed by atoms with Gasteiger partial charge in [-0.2, -0.15) is 0 Å². The number of carbonyl (C=O) groups is 3. The van der Waals surface area contributed by atoms with Crippen LogP contribution >= 0.6 is 0 Å². The number of para-hydroxylation sites is 1. The number of carbonyl (C=O) groups excluding carboxylic acids is 2. The van der Waals surface area contributed by atoms with Crippen LogP contribution in [0.25, 0.3) is 0 Å². The van der Waals surface area contributed by atoms with Crippen LogP contribution in [0.2, 0.25) is 0 Å². The molecule has 0 unspecified atom stereocenters. The lowest BCUT2D eigenvalue weighted by Gasteiger charge is -2.35. The number of carboxylic acid groups (broad SMARTS) is 1. The van der Waals surface area contributed by atoms with E-state index in [1.807, 2.05) is 24.3 Å². The lowest BCUT2D eigenvalue weighted by molar-refractivity contribution is -0.152. The predicted molar refractivity (Wildman–Crippen MR) is 88.4 cm³/mol. The second-order valence-corrected chi connectivity index (χ2v) is 6.67. The van der Waals surface area contributed by atoms with Crippen LogP contribution in [0.15, 0.2) is 24.3 Å². The van der Waals surface area contributed by atoms with Crippen molar-refractivity contribution in [2.75, 3.05) is 40.3 Å². The van der Waals surface area contributed by atoms with Crippen LogP contribution in [0.4, 0.5) is 4.79 Å². The standard InChI is InChI=1S/C17H21N3O5/c1-19(2)16(24)18-7-14(21)20-8-12-11-5-3-4-6-13(11)25-10-17(12,9-20)15(22)23/h3-6,12H,7-10H2,1-2H3,(H,18,24)(H,22,23)/t12-,17-/m1/s1. The molecule has 0 aromatic heterocycles. The van der Waals surface area contributed by atoms with Crippen molar-refractivity contribution in [2.24, 2.45) is 5.41 Å². The summed E-state index contributed by atoms with van der Waals surface area (Å²) < 4.78 is 5.66. The van der Waals surface area contributed by atoms with Crippen LogP contribution in [0.3, 0.4) is 0 Å². The summed E-state index contributed by atoms with van der Waals surface area (Å²) in [5, 5.41) is 12.3. The van der Waals surface area contributed by atoms with E-state index in [-0.39, 0.29) is 37.6 Å². The Bertz CT molecular complexity index is 720. The van der Waals surface area contributed by atoms with Gasteiger partial charge in [0.1, 0.15) is 17.8 Å². The molecule has 0 bridgehead atoms. The second kappa shape index (κ2) is 6.27. The molecular formula is C17H21N3O5. The van der Waals surface area contributed by atoms with Crippen molar-refractivity contribution in [1.82, 2.24) is 15.1 Å². The highest BCUT2D eigenvalue weighted by molar-refractivity contribution is 5.86. The van der Waals surface area contributed by atoms with Gasteiger partial charge in [-0.1, -0.05) is 18.2 Å². The normalized spacial score (nSPS) is 23.9. The van der Waals surface area contributed by atoms with E-state index in [0.29, 0.717) is 12.3 Å². The van der Waals surface area contributed by atoms with Gasteiger partial charge in [-0.3, -0.25) is 9.59 Å². The number of likely N-dealkylation sites (tertiary alicyclic amines) is 1. The largest absolute Gasteiger partial charge is 0.492 e. The maximum Gasteiger partial charge on any atom is 0.317 e. The number of fused-ring (bicyclic) bond motifs is 3. The average molecular weight is 347 g/mol. The van der Waals surface area contributed by atoms with Crippen LogP contribution in [0, 0.1) is 5.41 Å². The summed E-state index contributed by atoms with van der Waals surface area (Å²) in [6.45, 7) is 0.223. The van der Waals surface area contributed by atoms with Gasteiger partial charge in [0, 0.05) is 38.7 Å². The fourth-order valence-electron chi connectivity index (χ4n) is 3.45. The number of nitrogens with one attached hydrogen (secondary N) is 1. The molecule has 0 aliphatic carbocycles. The van der Waals surface area contributed by atoms with E-state index < -0.39 is 11.4 Å². The zero-order valence-electron chi connectivity index (χ0n) is 14.2. The number of rotatable bonds is 3. The average Bonchev–Trinajstić information content (AvgIpc) is 3.01. The second-order valence-electron chi connectivity index (χ2n) is 6.67. The molecule has 25 heavy (non-hydrogen) atoms. The highest BCUT2D eigenvalue weighted by atomic mass is 16.5. The fraction of sp³-hybridized carbons (Fsp3) is 0.471. The molecule has 2 aliphatic rings. The Labute approximate surface area is 145 Å². The minimum absolute atomic E-state index is 0.0256. The summed E-state index contributed by atoms with van der Waals surface area (Å²) in [7, 11) is 3.16. The first-order valence-corrected chi connectivity index (χ1v) is 8.03. The zero-order valence-corrected chi connectivity index (χ0v) is 14.2. The molecule has 1 fully saturated rings. The molecule has 0 radical (unpaired) electrons. The first-order valence-electron chi connectivity index (χ1n) is 8.03. The van der Waals surface area contributed by atoms with Crippen LogP contribution < -0.4 is 10.1 Å². The van der Waals surface area contributed by atoms with Crippen LogP contribution in [0.1, 0.15) is 11.5 Å². The van der Waals surface area contributed by atoms with Crippen LogP contribution in [-0.2, 0) is 9.59 Å². The molecule has 1 aromatic rings. The molecule has 1 saturated heterocycles.